The lowest BCUT2D eigenvalue weighted by Crippen LogP contribution is -2.07. The van der Waals surface area contributed by atoms with Crippen LogP contribution < -0.4 is 0 Å². The van der Waals surface area contributed by atoms with Crippen LogP contribution in [0.1, 0.15) is 13.3 Å². The van der Waals surface area contributed by atoms with Crippen molar-refractivity contribution in [3.63, 3.8) is 0 Å². The molecule has 0 atom stereocenters. The average molecular weight is 232 g/mol. The number of hydrogen-bond donors (Lipinski definition) is 5. The van der Waals surface area contributed by atoms with Gasteiger partial charge in [0, 0.05) is 6.54 Å². The van der Waals surface area contributed by atoms with Crippen molar-refractivity contribution in [2.45, 2.75) is 13.3 Å². The summed E-state index contributed by atoms with van der Waals surface area (Å²) in [5.41, 5.74) is 0. The Morgan fingerprint density at radius 1 is 1.38 bits per heavy atom. The monoisotopic (exact) mass is 232 g/mol. The van der Waals surface area contributed by atoms with Crippen LogP contribution in [0.25, 0.3) is 0 Å². The van der Waals surface area contributed by atoms with Crippen LogP contribution in [0.5, 0.6) is 0 Å². The molecule has 0 saturated carbocycles. The molecule has 0 aliphatic heterocycles. The van der Waals surface area contributed by atoms with Gasteiger partial charge in [0.25, 0.3) is 0 Å². The van der Waals surface area contributed by atoms with Crippen LogP contribution in [-0.2, 0) is 4.57 Å². The molecule has 13 heavy (non-hydrogen) atoms. The highest BCUT2D eigenvalue weighted by Gasteiger charge is 2.51. The number of nitrogens with zero attached hydrogens (tertiary/aromatic N) is 1. The number of rotatable bonds is 4. The Bertz CT molecular complexity index is 240. The quantitative estimate of drug-likeness (QED) is 0.333. The molecule has 0 saturated heterocycles. The highest BCUT2D eigenvalue weighted by Crippen LogP contribution is 2.60. The van der Waals surface area contributed by atoms with Crippen molar-refractivity contribution < 1.29 is 29.0 Å². The van der Waals surface area contributed by atoms with Gasteiger partial charge in [-0.2, -0.15) is 14.7 Å². The van der Waals surface area contributed by atoms with Gasteiger partial charge in [0.15, 0.2) is 0 Å². The Hall–Kier alpha value is 0.130. The minimum Gasteiger partial charge on any atom is -0.317 e. The highest BCUT2D eigenvalue weighted by atomic mass is 31.3. The summed E-state index contributed by atoms with van der Waals surface area (Å²) in [5.74, 6) is 0. The Morgan fingerprint density at radius 3 is 2.08 bits per heavy atom. The zero-order chi connectivity index (χ0) is 10.7. The molecule has 0 aromatic heterocycles. The van der Waals surface area contributed by atoms with E-state index < -0.39 is 20.7 Å². The summed E-state index contributed by atoms with van der Waals surface area (Å²) in [6.07, 6.45) is 0.476. The molecule has 0 fully saturated rings. The molecule has 0 aliphatic carbocycles. The first-order chi connectivity index (χ1) is 5.69. The maximum atomic E-state index is 10.6. The van der Waals surface area contributed by atoms with E-state index in [0.717, 1.165) is 0 Å². The second-order valence-corrected chi connectivity index (χ2v) is 5.72. The molecule has 0 heterocycles. The molecule has 0 bridgehead atoms. The van der Waals surface area contributed by atoms with E-state index in [-0.39, 0.29) is 6.54 Å². The lowest BCUT2D eigenvalue weighted by Gasteiger charge is -2.07. The van der Waals surface area contributed by atoms with Crippen LogP contribution in [0.2, 0.25) is 0 Å². The van der Waals surface area contributed by atoms with E-state index in [1.165, 1.54) is 0 Å². The zero-order valence-electron chi connectivity index (χ0n) is 6.90. The molecule has 9 heteroatoms. The van der Waals surface area contributed by atoms with Crippen molar-refractivity contribution in [3.8, 4) is 0 Å². The maximum Gasteiger partial charge on any atom is 0.469 e. The van der Waals surface area contributed by atoms with Crippen LogP contribution in [0.15, 0.2) is 4.99 Å². The molecule has 78 valence electrons. The van der Waals surface area contributed by atoms with Crippen molar-refractivity contribution >= 4 is 20.7 Å². The highest BCUT2D eigenvalue weighted by molar-refractivity contribution is 8.00. The summed E-state index contributed by atoms with van der Waals surface area (Å²) in [7, 11) is -9.57. The third-order valence-electron chi connectivity index (χ3n) is 1.01. The van der Waals surface area contributed by atoms with Gasteiger partial charge in [-0.05, 0) is 6.42 Å². The third kappa shape index (κ3) is 4.78. The summed E-state index contributed by atoms with van der Waals surface area (Å²) < 4.78 is 10.6. The van der Waals surface area contributed by atoms with E-state index in [4.69, 9.17) is 24.5 Å². The number of hydrogen-bond acceptors (Lipinski definition) is 5. The molecule has 0 aromatic carbocycles. The smallest absolute Gasteiger partial charge is 0.317 e. The molecule has 5 N–H and O–H groups in total. The summed E-state index contributed by atoms with van der Waals surface area (Å²) >= 11 is 0. The zero-order valence-corrected chi connectivity index (χ0v) is 8.69. The van der Waals surface area contributed by atoms with Crippen LogP contribution in [-0.4, -0.2) is 36.2 Å². The van der Waals surface area contributed by atoms with Crippen molar-refractivity contribution in [2.75, 3.05) is 6.54 Å². The fourth-order valence-electron chi connectivity index (χ4n) is 0.574. The minimum absolute atomic E-state index is 0.0177. The molecule has 0 aromatic rings. The predicted molar refractivity (Wildman–Crippen MR) is 48.2 cm³/mol. The molecule has 0 aliphatic rings. The predicted octanol–water partition coefficient (Wildman–Crippen LogP) is -0.330. The molecule has 7 nitrogen and oxygen atoms in total. The van der Waals surface area contributed by atoms with Gasteiger partial charge in [-0.25, -0.2) is 9.56 Å². The first-order valence-corrected chi connectivity index (χ1v) is 6.64. The SMILES string of the molecule is CCCN=C(P(=O)(O)O)[P+](O)(O)O. The van der Waals surface area contributed by atoms with Gasteiger partial charge in [-0.1, -0.05) is 6.92 Å². The van der Waals surface area contributed by atoms with Crippen molar-refractivity contribution in [1.29, 1.82) is 0 Å². The Morgan fingerprint density at radius 2 is 1.85 bits per heavy atom. The summed E-state index contributed by atoms with van der Waals surface area (Å²) in [6, 6.07) is 0. The van der Waals surface area contributed by atoms with Crippen LogP contribution in [0.3, 0.4) is 0 Å². The molecular formula is C4H12NO6P2+. The van der Waals surface area contributed by atoms with Crippen molar-refractivity contribution in [1.82, 2.24) is 0 Å². The Kier molecular flexibility index (Phi) is 4.62. The molecule has 0 amide bonds. The molecular weight excluding hydrogens is 220 g/mol. The van der Waals surface area contributed by atoms with Crippen molar-refractivity contribution in [3.05, 3.63) is 0 Å². The van der Waals surface area contributed by atoms with E-state index in [9.17, 15) is 4.57 Å². The largest absolute Gasteiger partial charge is 0.469 e. The lowest BCUT2D eigenvalue weighted by molar-refractivity contribution is 0.348. The van der Waals surface area contributed by atoms with Crippen LogP contribution >= 0.6 is 15.5 Å². The molecule has 0 unspecified atom stereocenters. The standard InChI is InChI=1S/C4H11NO6P2/c1-2-3-5-4(12(6,7)8)13(9,10)11/h6-8H,2-3H2,1H3,(H-,9,10,11)/p+1. The van der Waals surface area contributed by atoms with Crippen LogP contribution in [0, 0.1) is 0 Å². The van der Waals surface area contributed by atoms with E-state index in [0.29, 0.717) is 6.42 Å². The van der Waals surface area contributed by atoms with Gasteiger partial charge in [0.1, 0.15) is 0 Å². The second-order valence-electron chi connectivity index (χ2n) is 2.29. The summed E-state index contributed by atoms with van der Waals surface area (Å²) in [4.78, 5) is 46.3. The maximum absolute atomic E-state index is 10.6. The lowest BCUT2D eigenvalue weighted by atomic mass is 10.5. The van der Waals surface area contributed by atoms with E-state index in [1.54, 1.807) is 6.92 Å². The number of aliphatic imine (C=N–C) groups is 1. The second kappa shape index (κ2) is 4.57. The summed E-state index contributed by atoms with van der Waals surface area (Å²) in [5, 5.41) is -1.22. The van der Waals surface area contributed by atoms with Gasteiger partial charge >= 0.3 is 20.7 Å². The van der Waals surface area contributed by atoms with Gasteiger partial charge in [-0.3, -0.25) is 0 Å². The minimum atomic E-state index is -4.88. The van der Waals surface area contributed by atoms with Gasteiger partial charge in [-0.15, -0.1) is 0 Å². The fraction of sp³-hybridized carbons (Fsp3) is 0.750. The van der Waals surface area contributed by atoms with Gasteiger partial charge < -0.3 is 9.79 Å². The topological polar surface area (TPSA) is 131 Å². The first kappa shape index (κ1) is 13.1. The molecule has 0 radical (unpaired) electrons. The van der Waals surface area contributed by atoms with Crippen LogP contribution in [0.4, 0.5) is 0 Å². The first-order valence-electron chi connectivity index (χ1n) is 3.38. The molecule has 0 rings (SSSR count). The Balaban J connectivity index is 4.90. The summed E-state index contributed by atoms with van der Waals surface area (Å²) in [6.45, 7) is 1.71. The van der Waals surface area contributed by atoms with E-state index in [2.05, 4.69) is 4.99 Å². The molecule has 0 spiro atoms. The van der Waals surface area contributed by atoms with Gasteiger partial charge in [0.05, 0.1) is 0 Å². The van der Waals surface area contributed by atoms with E-state index in [1.807, 2.05) is 0 Å². The van der Waals surface area contributed by atoms with Gasteiger partial charge in [0.2, 0.25) is 0 Å². The average Bonchev–Trinajstić information content (AvgIpc) is 1.81. The third-order valence-corrected chi connectivity index (χ3v) is 3.93. The normalized spacial score (nSPS) is 14.8. The fourth-order valence-corrected chi connectivity index (χ4v) is 2.55. The Labute approximate surface area is 75.5 Å². The van der Waals surface area contributed by atoms with E-state index >= 15 is 0 Å². The van der Waals surface area contributed by atoms with Crippen molar-refractivity contribution in [2.24, 2.45) is 4.99 Å².